The van der Waals surface area contributed by atoms with E-state index in [9.17, 15) is 18.0 Å². The van der Waals surface area contributed by atoms with Crippen molar-refractivity contribution in [3.63, 3.8) is 0 Å². The van der Waals surface area contributed by atoms with Gasteiger partial charge in [0.05, 0.1) is 18.0 Å². The van der Waals surface area contributed by atoms with Gasteiger partial charge >= 0.3 is 11.8 Å². The molecule has 1 aromatic carbocycles. The molecule has 0 radical (unpaired) electrons. The number of carbonyl (C=O) groups excluding carboxylic acids is 2. The average Bonchev–Trinajstić information content (AvgIpc) is 3.21. The molecule has 0 unspecified atom stereocenters. The minimum absolute atomic E-state index is 0.134. The molecule has 1 fully saturated rings. The molecule has 28 heavy (non-hydrogen) atoms. The van der Waals surface area contributed by atoms with Crippen LogP contribution in [0, 0.1) is 0 Å². The summed E-state index contributed by atoms with van der Waals surface area (Å²) in [5.41, 5.74) is 0.753. The van der Waals surface area contributed by atoms with E-state index in [-0.39, 0.29) is 31.1 Å². The van der Waals surface area contributed by atoms with Crippen molar-refractivity contribution in [1.82, 2.24) is 19.9 Å². The normalized spacial score (nSPS) is 17.2. The number of pyridine rings is 1. The Morgan fingerprint density at radius 2 is 1.86 bits per heavy atom. The van der Waals surface area contributed by atoms with Crippen LogP contribution in [-0.4, -0.2) is 55.4 Å². The van der Waals surface area contributed by atoms with Gasteiger partial charge in [0.25, 0.3) is 0 Å². The maximum atomic E-state index is 12.7. The Hall–Kier alpha value is -2.82. The first-order chi connectivity index (χ1) is 13.5. The van der Waals surface area contributed by atoms with Crippen LogP contribution in [0.2, 0.25) is 0 Å². The molecule has 10 heteroatoms. The Morgan fingerprint density at radius 3 is 2.57 bits per heavy atom. The predicted octanol–water partition coefficient (Wildman–Crippen LogP) is -0.139. The van der Waals surface area contributed by atoms with Gasteiger partial charge in [-0.05, 0) is 23.8 Å². The molecule has 2 N–H and O–H groups in total. The van der Waals surface area contributed by atoms with Gasteiger partial charge in [0.15, 0.2) is 0 Å². The molecule has 0 bridgehead atoms. The van der Waals surface area contributed by atoms with Crippen LogP contribution in [0.15, 0.2) is 59.8 Å². The van der Waals surface area contributed by atoms with Crippen LogP contribution in [0.25, 0.3) is 0 Å². The summed E-state index contributed by atoms with van der Waals surface area (Å²) in [6, 6.07) is 11.5. The third kappa shape index (κ3) is 4.71. The van der Waals surface area contributed by atoms with E-state index < -0.39 is 28.1 Å². The molecule has 1 aromatic heterocycles. The summed E-state index contributed by atoms with van der Waals surface area (Å²) in [5.74, 6) is -1.68. The quantitative estimate of drug-likeness (QED) is 0.647. The number of hydrogen-bond acceptors (Lipinski definition) is 6. The molecule has 0 saturated carbocycles. The maximum absolute atomic E-state index is 12.7. The Kier molecular flexibility index (Phi) is 6.34. The number of aromatic nitrogens is 1. The van der Waals surface area contributed by atoms with E-state index >= 15 is 0 Å². The molecule has 1 aliphatic heterocycles. The molecule has 1 aliphatic rings. The van der Waals surface area contributed by atoms with E-state index in [1.54, 1.807) is 42.7 Å². The first kappa shape index (κ1) is 19.9. The number of amides is 2. The highest BCUT2D eigenvalue weighted by molar-refractivity contribution is 7.89. The second kappa shape index (κ2) is 8.91. The fourth-order valence-corrected chi connectivity index (χ4v) is 4.23. The summed E-state index contributed by atoms with van der Waals surface area (Å²) >= 11 is 0. The number of nitrogens with zero attached hydrogens (tertiary/aromatic N) is 2. The number of nitrogens with one attached hydrogen (secondary N) is 2. The van der Waals surface area contributed by atoms with Gasteiger partial charge in [-0.1, -0.05) is 24.3 Å². The van der Waals surface area contributed by atoms with Gasteiger partial charge in [0.2, 0.25) is 10.0 Å². The summed E-state index contributed by atoms with van der Waals surface area (Å²) in [6.45, 7) is 0.407. The zero-order valence-electron chi connectivity index (χ0n) is 14.9. The fourth-order valence-electron chi connectivity index (χ4n) is 2.69. The van der Waals surface area contributed by atoms with Crippen molar-refractivity contribution in [2.75, 3.05) is 19.7 Å². The zero-order valence-corrected chi connectivity index (χ0v) is 15.8. The number of ether oxygens (including phenoxy) is 1. The van der Waals surface area contributed by atoms with E-state index in [0.29, 0.717) is 0 Å². The lowest BCUT2D eigenvalue weighted by atomic mass is 10.3. The van der Waals surface area contributed by atoms with Gasteiger partial charge in [-0.2, -0.15) is 4.31 Å². The topological polar surface area (TPSA) is 118 Å². The molecule has 1 atom stereocenters. The van der Waals surface area contributed by atoms with Crippen molar-refractivity contribution in [2.24, 2.45) is 0 Å². The molecule has 2 aromatic rings. The highest BCUT2D eigenvalue weighted by atomic mass is 32.2. The molecule has 1 saturated heterocycles. The highest BCUT2D eigenvalue weighted by Crippen LogP contribution is 2.21. The van der Waals surface area contributed by atoms with Gasteiger partial charge in [0.1, 0.15) is 6.23 Å². The molecule has 3 rings (SSSR count). The van der Waals surface area contributed by atoms with Crippen molar-refractivity contribution < 1.29 is 22.7 Å². The molecule has 0 aliphatic carbocycles. The molecular formula is C18H20N4O5S. The van der Waals surface area contributed by atoms with Crippen molar-refractivity contribution in [2.45, 2.75) is 17.7 Å². The van der Waals surface area contributed by atoms with Crippen molar-refractivity contribution in [3.05, 3.63) is 60.4 Å². The minimum Gasteiger partial charge on any atom is -0.359 e. The van der Waals surface area contributed by atoms with E-state index in [4.69, 9.17) is 4.74 Å². The molecule has 148 valence electrons. The van der Waals surface area contributed by atoms with Crippen LogP contribution in [-0.2, 0) is 30.9 Å². The summed E-state index contributed by atoms with van der Waals surface area (Å²) in [6.07, 6.45) is 2.31. The summed E-state index contributed by atoms with van der Waals surface area (Å²) in [4.78, 5) is 28.0. The molecular weight excluding hydrogens is 384 g/mol. The second-order valence-corrected chi connectivity index (χ2v) is 7.90. The Balaban J connectivity index is 1.54. The lowest BCUT2D eigenvalue weighted by Crippen LogP contribution is -2.47. The highest BCUT2D eigenvalue weighted by Gasteiger charge is 2.36. The van der Waals surface area contributed by atoms with Gasteiger partial charge in [-0.25, -0.2) is 8.42 Å². The van der Waals surface area contributed by atoms with Crippen LogP contribution in [0.5, 0.6) is 0 Å². The molecule has 9 nitrogen and oxygen atoms in total. The molecule has 2 heterocycles. The van der Waals surface area contributed by atoms with Gasteiger partial charge in [0, 0.05) is 25.5 Å². The van der Waals surface area contributed by atoms with Gasteiger partial charge in [-0.3, -0.25) is 14.6 Å². The largest absolute Gasteiger partial charge is 0.359 e. The summed E-state index contributed by atoms with van der Waals surface area (Å²) in [5, 5.41) is 4.89. The fraction of sp³-hybridized carbons (Fsp3) is 0.278. The smallest absolute Gasteiger partial charge is 0.309 e. The maximum Gasteiger partial charge on any atom is 0.309 e. The first-order valence-corrected chi connectivity index (χ1v) is 10.1. The van der Waals surface area contributed by atoms with Crippen molar-refractivity contribution in [3.8, 4) is 0 Å². The van der Waals surface area contributed by atoms with Crippen LogP contribution in [0.3, 0.4) is 0 Å². The SMILES string of the molecule is O=C(NCc1cccnc1)C(=O)NC[C@H]1OCCN1S(=O)(=O)c1ccccc1. The lowest BCUT2D eigenvalue weighted by Gasteiger charge is -2.22. The minimum atomic E-state index is -3.75. The van der Waals surface area contributed by atoms with E-state index in [1.165, 1.54) is 16.4 Å². The third-order valence-electron chi connectivity index (χ3n) is 4.11. The molecule has 0 spiro atoms. The Bertz CT molecular complexity index is 922. The van der Waals surface area contributed by atoms with Gasteiger partial charge in [-0.15, -0.1) is 0 Å². The van der Waals surface area contributed by atoms with E-state index in [2.05, 4.69) is 15.6 Å². The van der Waals surface area contributed by atoms with Crippen molar-refractivity contribution in [1.29, 1.82) is 0 Å². The van der Waals surface area contributed by atoms with E-state index in [0.717, 1.165) is 5.56 Å². The van der Waals surface area contributed by atoms with Crippen LogP contribution in [0.1, 0.15) is 5.56 Å². The number of rotatable bonds is 6. The summed E-state index contributed by atoms with van der Waals surface area (Å²) < 4.78 is 32.1. The first-order valence-electron chi connectivity index (χ1n) is 8.62. The van der Waals surface area contributed by atoms with Gasteiger partial charge < -0.3 is 15.4 Å². The van der Waals surface area contributed by atoms with Crippen LogP contribution in [0.4, 0.5) is 0 Å². The number of carbonyl (C=O) groups is 2. The van der Waals surface area contributed by atoms with E-state index in [1.807, 2.05) is 0 Å². The predicted molar refractivity (Wildman–Crippen MR) is 99.2 cm³/mol. The van der Waals surface area contributed by atoms with Crippen LogP contribution >= 0.6 is 0 Å². The summed E-state index contributed by atoms with van der Waals surface area (Å²) in [7, 11) is -3.75. The number of hydrogen-bond donors (Lipinski definition) is 2. The standard InChI is InChI=1S/C18H20N4O5S/c23-17(20-12-14-5-4-8-19-11-14)18(24)21-13-16-22(9-10-27-16)28(25,26)15-6-2-1-3-7-15/h1-8,11,16H,9-10,12-13H2,(H,20,23)(H,21,24)/t16-/m1/s1. The zero-order chi connectivity index (χ0) is 20.0. The Labute approximate surface area is 162 Å². The van der Waals surface area contributed by atoms with Crippen molar-refractivity contribution >= 4 is 21.8 Å². The van der Waals surface area contributed by atoms with Crippen LogP contribution < -0.4 is 10.6 Å². The lowest BCUT2D eigenvalue weighted by molar-refractivity contribution is -0.139. The second-order valence-electron chi connectivity index (χ2n) is 6.01. The number of sulfonamides is 1. The monoisotopic (exact) mass is 404 g/mol. The average molecular weight is 404 g/mol. The Morgan fingerprint density at radius 1 is 1.11 bits per heavy atom. The third-order valence-corrected chi connectivity index (χ3v) is 6.02. The number of benzene rings is 1. The molecule has 2 amide bonds.